The van der Waals surface area contributed by atoms with Crippen LogP contribution in [0.1, 0.15) is 36.4 Å². The van der Waals surface area contributed by atoms with Gasteiger partial charge in [0.2, 0.25) is 0 Å². The Bertz CT molecular complexity index is 539. The topological polar surface area (TPSA) is 50.9 Å². The number of halogens is 1. The third-order valence-electron chi connectivity index (χ3n) is 2.74. The molecule has 18 heavy (non-hydrogen) atoms. The Kier molecular flexibility index (Phi) is 3.99. The second-order valence-corrected chi connectivity index (χ2v) is 4.67. The van der Waals surface area contributed by atoms with Crippen LogP contribution in [-0.2, 0) is 6.54 Å². The van der Waals surface area contributed by atoms with Gasteiger partial charge < -0.3 is 5.11 Å². The number of hydrogen-bond donors (Lipinski definition) is 1. The number of pyridine rings is 1. The Labute approximate surface area is 111 Å². The number of aromatic nitrogens is 3. The highest BCUT2D eigenvalue weighted by atomic mass is 35.5. The first kappa shape index (κ1) is 13.1. The second-order valence-electron chi connectivity index (χ2n) is 4.26. The summed E-state index contributed by atoms with van der Waals surface area (Å²) in [5.41, 5.74) is 2.25. The lowest BCUT2D eigenvalue weighted by molar-refractivity contribution is 0.202. The van der Waals surface area contributed by atoms with Crippen molar-refractivity contribution in [2.45, 2.75) is 32.9 Å². The highest BCUT2D eigenvalue weighted by Gasteiger charge is 2.20. The standard InChI is InChI=1S/C13H16ClN3O/c1-3-6-17-12(10(14)8-16-17)13(18)11-7-9(2)4-5-15-11/h4-5,7-8,13,18H,3,6H2,1-2H3. The molecule has 1 unspecified atom stereocenters. The Balaban J connectivity index is 2.39. The van der Waals surface area contributed by atoms with Crippen LogP contribution in [0.5, 0.6) is 0 Å². The molecule has 1 N–H and O–H groups in total. The van der Waals surface area contributed by atoms with Gasteiger partial charge >= 0.3 is 0 Å². The smallest absolute Gasteiger partial charge is 0.139 e. The molecule has 96 valence electrons. The summed E-state index contributed by atoms with van der Waals surface area (Å²) in [5.74, 6) is 0. The zero-order chi connectivity index (χ0) is 13.1. The van der Waals surface area contributed by atoms with E-state index in [1.165, 1.54) is 0 Å². The molecule has 0 saturated heterocycles. The fraction of sp³-hybridized carbons (Fsp3) is 0.385. The van der Waals surface area contributed by atoms with E-state index in [9.17, 15) is 5.11 Å². The molecule has 0 aliphatic heterocycles. The van der Waals surface area contributed by atoms with Crippen molar-refractivity contribution in [2.24, 2.45) is 0 Å². The van der Waals surface area contributed by atoms with E-state index >= 15 is 0 Å². The molecule has 0 aromatic carbocycles. The van der Waals surface area contributed by atoms with Crippen molar-refractivity contribution in [3.8, 4) is 0 Å². The lowest BCUT2D eigenvalue weighted by atomic mass is 10.1. The number of nitrogens with zero attached hydrogens (tertiary/aromatic N) is 3. The van der Waals surface area contributed by atoms with Gasteiger partial charge in [-0.3, -0.25) is 9.67 Å². The Morgan fingerprint density at radius 1 is 1.50 bits per heavy atom. The summed E-state index contributed by atoms with van der Waals surface area (Å²) in [6.07, 6.45) is 3.33. The predicted molar refractivity (Wildman–Crippen MR) is 70.6 cm³/mol. The molecule has 0 aliphatic rings. The van der Waals surface area contributed by atoms with Gasteiger partial charge in [-0.25, -0.2) is 0 Å². The van der Waals surface area contributed by atoms with Crippen molar-refractivity contribution in [3.63, 3.8) is 0 Å². The highest BCUT2D eigenvalue weighted by Crippen LogP contribution is 2.27. The van der Waals surface area contributed by atoms with Crippen molar-refractivity contribution in [2.75, 3.05) is 0 Å². The summed E-state index contributed by atoms with van der Waals surface area (Å²) in [4.78, 5) is 4.19. The molecule has 0 amide bonds. The van der Waals surface area contributed by atoms with E-state index in [-0.39, 0.29) is 0 Å². The highest BCUT2D eigenvalue weighted by molar-refractivity contribution is 6.31. The van der Waals surface area contributed by atoms with Crippen molar-refractivity contribution in [1.29, 1.82) is 0 Å². The number of aliphatic hydroxyl groups is 1. The first-order valence-corrected chi connectivity index (χ1v) is 6.33. The SMILES string of the molecule is CCCn1ncc(Cl)c1C(O)c1cc(C)ccn1. The zero-order valence-electron chi connectivity index (χ0n) is 10.5. The minimum Gasteiger partial charge on any atom is -0.380 e. The van der Waals surface area contributed by atoms with E-state index < -0.39 is 6.10 Å². The molecule has 0 aliphatic carbocycles. The quantitative estimate of drug-likeness (QED) is 0.925. The van der Waals surface area contributed by atoms with Crippen LogP contribution in [-0.4, -0.2) is 19.9 Å². The van der Waals surface area contributed by atoms with Gasteiger partial charge in [0.15, 0.2) is 0 Å². The maximum atomic E-state index is 10.4. The number of aliphatic hydroxyl groups excluding tert-OH is 1. The van der Waals surface area contributed by atoms with E-state index in [0.717, 1.165) is 18.5 Å². The van der Waals surface area contributed by atoms with Gasteiger partial charge in [-0.1, -0.05) is 18.5 Å². The molecule has 0 spiro atoms. The minimum absolute atomic E-state index is 0.472. The molecule has 0 bridgehead atoms. The fourth-order valence-electron chi connectivity index (χ4n) is 1.88. The van der Waals surface area contributed by atoms with Crippen LogP contribution in [0.3, 0.4) is 0 Å². The van der Waals surface area contributed by atoms with Gasteiger partial charge in [0, 0.05) is 12.7 Å². The summed E-state index contributed by atoms with van der Waals surface area (Å²) in [7, 11) is 0. The molecule has 2 aromatic heterocycles. The summed E-state index contributed by atoms with van der Waals surface area (Å²) >= 11 is 6.09. The van der Waals surface area contributed by atoms with Crippen LogP contribution >= 0.6 is 11.6 Å². The summed E-state index contributed by atoms with van der Waals surface area (Å²) in [5, 5.41) is 15.0. The van der Waals surface area contributed by atoms with E-state index in [1.807, 2.05) is 19.1 Å². The number of rotatable bonds is 4. The fourth-order valence-corrected chi connectivity index (χ4v) is 2.13. The molecule has 5 heteroatoms. The largest absolute Gasteiger partial charge is 0.380 e. The van der Waals surface area contributed by atoms with Crippen LogP contribution in [0.15, 0.2) is 24.5 Å². The average Bonchev–Trinajstić information content (AvgIpc) is 2.70. The lowest BCUT2D eigenvalue weighted by Crippen LogP contribution is -2.11. The Hall–Kier alpha value is -1.39. The predicted octanol–water partition coefficient (Wildman–Crippen LogP) is 2.73. The normalized spacial score (nSPS) is 12.7. The molecule has 4 nitrogen and oxygen atoms in total. The third kappa shape index (κ3) is 2.54. The van der Waals surface area contributed by atoms with Crippen molar-refractivity contribution < 1.29 is 5.11 Å². The van der Waals surface area contributed by atoms with E-state index in [1.54, 1.807) is 17.1 Å². The Morgan fingerprint density at radius 2 is 2.28 bits per heavy atom. The van der Waals surface area contributed by atoms with Crippen LogP contribution in [0.2, 0.25) is 5.02 Å². The summed E-state index contributed by atoms with van der Waals surface area (Å²) in [6.45, 7) is 4.74. The molecule has 0 fully saturated rings. The van der Waals surface area contributed by atoms with Gasteiger partial charge in [0.05, 0.1) is 22.6 Å². The monoisotopic (exact) mass is 265 g/mol. The van der Waals surface area contributed by atoms with E-state index in [4.69, 9.17) is 11.6 Å². The molecule has 0 saturated carbocycles. The first-order valence-electron chi connectivity index (χ1n) is 5.95. The summed E-state index contributed by atoms with van der Waals surface area (Å²) in [6, 6.07) is 3.74. The maximum absolute atomic E-state index is 10.4. The van der Waals surface area contributed by atoms with Gasteiger partial charge in [0.25, 0.3) is 0 Å². The molecular formula is C13H16ClN3O. The molecule has 2 rings (SSSR count). The Morgan fingerprint density at radius 3 is 2.94 bits per heavy atom. The molecule has 2 aromatic rings. The first-order chi connectivity index (χ1) is 8.63. The van der Waals surface area contributed by atoms with Crippen molar-refractivity contribution in [1.82, 2.24) is 14.8 Å². The van der Waals surface area contributed by atoms with E-state index in [0.29, 0.717) is 16.4 Å². The van der Waals surface area contributed by atoms with Crippen LogP contribution in [0.4, 0.5) is 0 Å². The van der Waals surface area contributed by atoms with Gasteiger partial charge in [-0.05, 0) is 31.0 Å². The second kappa shape index (κ2) is 5.50. The molecule has 2 heterocycles. The zero-order valence-corrected chi connectivity index (χ0v) is 11.2. The van der Waals surface area contributed by atoms with Crippen LogP contribution in [0, 0.1) is 6.92 Å². The van der Waals surface area contributed by atoms with Crippen molar-refractivity contribution >= 4 is 11.6 Å². The van der Waals surface area contributed by atoms with Crippen LogP contribution < -0.4 is 0 Å². The van der Waals surface area contributed by atoms with Crippen molar-refractivity contribution in [3.05, 3.63) is 46.5 Å². The summed E-state index contributed by atoms with van der Waals surface area (Å²) < 4.78 is 1.73. The molecular weight excluding hydrogens is 250 g/mol. The number of aryl methyl sites for hydroxylation is 2. The molecule has 0 radical (unpaired) electrons. The van der Waals surface area contributed by atoms with E-state index in [2.05, 4.69) is 17.0 Å². The lowest BCUT2D eigenvalue weighted by Gasteiger charge is -2.13. The van der Waals surface area contributed by atoms with Gasteiger partial charge in [-0.2, -0.15) is 5.10 Å². The van der Waals surface area contributed by atoms with Gasteiger partial charge in [0.1, 0.15) is 6.10 Å². The minimum atomic E-state index is -0.841. The molecule has 1 atom stereocenters. The van der Waals surface area contributed by atoms with Gasteiger partial charge in [-0.15, -0.1) is 0 Å². The third-order valence-corrected chi connectivity index (χ3v) is 3.04. The average molecular weight is 266 g/mol. The number of hydrogen-bond acceptors (Lipinski definition) is 3. The van der Waals surface area contributed by atoms with Crippen LogP contribution in [0.25, 0.3) is 0 Å². The maximum Gasteiger partial charge on any atom is 0.139 e.